The highest BCUT2D eigenvalue weighted by Crippen LogP contribution is 2.42. The molecule has 5 heteroatoms. The Morgan fingerprint density at radius 3 is 1.39 bits per heavy atom. The monoisotopic (exact) mass is 769 g/mol. The number of hydrogen-bond acceptors (Lipinski definition) is 3. The molecule has 0 aliphatic carbocycles. The molecule has 0 atom stereocenters. The summed E-state index contributed by atoms with van der Waals surface area (Å²) in [5.74, 6) is 3.45. The van der Waals surface area contributed by atoms with Crippen molar-refractivity contribution in [2.45, 2.75) is 0 Å². The van der Waals surface area contributed by atoms with Crippen LogP contribution in [0.25, 0.3) is 22.3 Å². The summed E-state index contributed by atoms with van der Waals surface area (Å²) in [6.07, 6.45) is 0. The lowest BCUT2D eigenvalue weighted by Crippen LogP contribution is -2.77. The van der Waals surface area contributed by atoms with Gasteiger partial charge in [0, 0.05) is 22.5 Å². The molecular formula is C54H36BNO2Si. The lowest BCUT2D eigenvalue weighted by Gasteiger charge is -2.45. The fraction of sp³-hybridized carbons (Fsp3) is 0. The van der Waals surface area contributed by atoms with Crippen LogP contribution in [0.3, 0.4) is 0 Å². The van der Waals surface area contributed by atoms with E-state index in [1.807, 2.05) is 6.07 Å². The Bertz CT molecular complexity index is 2920. The highest BCUT2D eigenvalue weighted by molar-refractivity contribution is 7.21. The zero-order valence-electron chi connectivity index (χ0n) is 32.1. The van der Waals surface area contributed by atoms with E-state index in [0.717, 1.165) is 45.1 Å². The van der Waals surface area contributed by atoms with E-state index in [9.17, 15) is 0 Å². The molecular weight excluding hydrogens is 733 g/mol. The molecule has 3 heterocycles. The molecule has 276 valence electrons. The zero-order valence-corrected chi connectivity index (χ0v) is 33.1. The molecule has 12 rings (SSSR count). The molecule has 0 spiro atoms. The molecule has 0 bridgehead atoms. The number of benzene rings is 9. The van der Waals surface area contributed by atoms with Crippen molar-refractivity contribution >= 4 is 69.0 Å². The van der Waals surface area contributed by atoms with E-state index in [0.29, 0.717) is 0 Å². The molecule has 0 saturated heterocycles. The van der Waals surface area contributed by atoms with Gasteiger partial charge in [-0.05, 0) is 102 Å². The van der Waals surface area contributed by atoms with Crippen LogP contribution in [-0.4, -0.2) is 14.8 Å². The average molecular weight is 770 g/mol. The van der Waals surface area contributed by atoms with E-state index in [1.54, 1.807) is 0 Å². The van der Waals surface area contributed by atoms with E-state index in [1.165, 1.54) is 54.4 Å². The molecule has 3 aliphatic heterocycles. The van der Waals surface area contributed by atoms with Crippen molar-refractivity contribution in [2.24, 2.45) is 0 Å². The van der Waals surface area contributed by atoms with Gasteiger partial charge in [-0.15, -0.1) is 0 Å². The van der Waals surface area contributed by atoms with Gasteiger partial charge in [0.05, 0.1) is 0 Å². The Labute approximate surface area is 345 Å². The maximum atomic E-state index is 6.71. The molecule has 9 aromatic rings. The number of fused-ring (bicyclic) bond motifs is 6. The molecule has 0 unspecified atom stereocenters. The lowest BCUT2D eigenvalue weighted by atomic mass is 9.35. The van der Waals surface area contributed by atoms with E-state index >= 15 is 0 Å². The van der Waals surface area contributed by atoms with Crippen molar-refractivity contribution in [3.05, 3.63) is 218 Å². The van der Waals surface area contributed by atoms with Gasteiger partial charge >= 0.3 is 0 Å². The average Bonchev–Trinajstić information content (AvgIpc) is 3.31. The summed E-state index contributed by atoms with van der Waals surface area (Å²) in [5.41, 5.74) is 11.6. The largest absolute Gasteiger partial charge is 0.458 e. The molecule has 0 radical (unpaired) electrons. The molecule has 0 aromatic heterocycles. The second-order valence-corrected chi connectivity index (χ2v) is 19.3. The SMILES string of the molecule is c1ccc(-c2ccc3c(c2)[Si](c2ccccc2)(c2ccccc2)c2cc(-c4ccccc4)ccc2N3c2ccc3c(c2)B2c4ccccc4Oc4cccc(c42)O3)cc1. The van der Waals surface area contributed by atoms with Gasteiger partial charge < -0.3 is 14.4 Å². The molecule has 0 saturated carbocycles. The Balaban J connectivity index is 1.17. The third-order valence-corrected chi connectivity index (χ3v) is 17.3. The van der Waals surface area contributed by atoms with Gasteiger partial charge in [0.25, 0.3) is 6.71 Å². The van der Waals surface area contributed by atoms with Crippen LogP contribution in [0.1, 0.15) is 0 Å². The van der Waals surface area contributed by atoms with Gasteiger partial charge in [0.15, 0.2) is 8.07 Å². The van der Waals surface area contributed by atoms with Crippen LogP contribution in [0.15, 0.2) is 218 Å². The summed E-state index contributed by atoms with van der Waals surface area (Å²) >= 11 is 0. The Kier molecular flexibility index (Phi) is 7.65. The van der Waals surface area contributed by atoms with Crippen LogP contribution >= 0.6 is 0 Å². The molecule has 3 aliphatic rings. The predicted molar refractivity (Wildman–Crippen MR) is 247 cm³/mol. The Morgan fingerprint density at radius 2 is 0.831 bits per heavy atom. The van der Waals surface area contributed by atoms with Crippen molar-refractivity contribution in [1.29, 1.82) is 0 Å². The number of rotatable bonds is 5. The lowest BCUT2D eigenvalue weighted by molar-refractivity contribution is 0.464. The van der Waals surface area contributed by atoms with Crippen molar-refractivity contribution in [2.75, 3.05) is 4.90 Å². The maximum Gasteiger partial charge on any atom is 0.260 e. The van der Waals surface area contributed by atoms with E-state index in [4.69, 9.17) is 9.47 Å². The first-order valence-corrected chi connectivity index (χ1v) is 22.3. The van der Waals surface area contributed by atoms with Crippen LogP contribution in [0.4, 0.5) is 17.1 Å². The highest BCUT2D eigenvalue weighted by atomic mass is 28.3. The van der Waals surface area contributed by atoms with Gasteiger partial charge in [0.1, 0.15) is 23.0 Å². The summed E-state index contributed by atoms with van der Waals surface area (Å²) in [6, 6.07) is 79.9. The number of anilines is 3. The van der Waals surface area contributed by atoms with Crippen LogP contribution in [0.5, 0.6) is 23.0 Å². The third-order valence-electron chi connectivity index (χ3n) is 12.5. The Morgan fingerprint density at radius 1 is 0.356 bits per heavy atom. The van der Waals surface area contributed by atoms with Gasteiger partial charge in [0.2, 0.25) is 0 Å². The van der Waals surface area contributed by atoms with E-state index < -0.39 is 8.07 Å². The third kappa shape index (κ3) is 5.15. The quantitative estimate of drug-likeness (QED) is 0.163. The first-order chi connectivity index (χ1) is 29.3. The van der Waals surface area contributed by atoms with Crippen molar-refractivity contribution in [1.82, 2.24) is 0 Å². The molecule has 0 amide bonds. The smallest absolute Gasteiger partial charge is 0.260 e. The second kappa shape index (κ2) is 13.4. The summed E-state index contributed by atoms with van der Waals surface area (Å²) < 4.78 is 13.2. The topological polar surface area (TPSA) is 21.7 Å². The standard InChI is InChI=1S/C54H36BNO2Si/c1-5-16-37(17-6-1)39-28-31-46-52(34-39)59(42-20-9-3-10-21-42,43-22-11-4-12-23-43)53-35-40(38-18-7-2-8-19-38)29-32-47(53)56(46)41-30-33-49-45(36-41)55-44-24-13-14-25-48(44)57-50-26-15-27-51(58-49)54(50)55/h1-36H. The number of ether oxygens (including phenoxy) is 2. The first kappa shape index (κ1) is 33.8. The molecule has 3 nitrogen and oxygen atoms in total. The van der Waals surface area contributed by atoms with Crippen molar-refractivity contribution in [3.8, 4) is 45.3 Å². The fourth-order valence-corrected chi connectivity index (χ4v) is 15.1. The van der Waals surface area contributed by atoms with E-state index in [-0.39, 0.29) is 6.71 Å². The highest BCUT2D eigenvalue weighted by Gasteiger charge is 2.49. The van der Waals surface area contributed by atoms with Gasteiger partial charge in [-0.2, -0.15) is 0 Å². The minimum absolute atomic E-state index is 0.0402. The maximum absolute atomic E-state index is 6.71. The van der Waals surface area contributed by atoms with E-state index in [2.05, 4.69) is 217 Å². The summed E-state index contributed by atoms with van der Waals surface area (Å²) in [4.78, 5) is 2.51. The van der Waals surface area contributed by atoms with Gasteiger partial charge in [-0.3, -0.25) is 0 Å². The minimum Gasteiger partial charge on any atom is -0.458 e. The molecule has 9 aromatic carbocycles. The number of nitrogens with zero attached hydrogens (tertiary/aromatic N) is 1. The number of hydrogen-bond donors (Lipinski definition) is 0. The minimum atomic E-state index is -3.00. The van der Waals surface area contributed by atoms with Crippen LogP contribution < -0.4 is 51.5 Å². The molecule has 59 heavy (non-hydrogen) atoms. The van der Waals surface area contributed by atoms with Crippen molar-refractivity contribution in [3.63, 3.8) is 0 Å². The zero-order chi connectivity index (χ0) is 38.9. The Hall–Kier alpha value is -7.34. The second-order valence-electron chi connectivity index (χ2n) is 15.6. The van der Waals surface area contributed by atoms with Gasteiger partial charge in [-0.25, -0.2) is 0 Å². The normalized spacial score (nSPS) is 13.8. The molecule has 0 fully saturated rings. The summed E-state index contributed by atoms with van der Waals surface area (Å²) in [5, 5.41) is 5.41. The summed E-state index contributed by atoms with van der Waals surface area (Å²) in [7, 11) is -3.00. The first-order valence-electron chi connectivity index (χ1n) is 20.3. The van der Waals surface area contributed by atoms with Gasteiger partial charge in [-0.1, -0.05) is 170 Å². The van der Waals surface area contributed by atoms with Crippen molar-refractivity contribution < 1.29 is 9.47 Å². The number of para-hydroxylation sites is 1. The fourth-order valence-electron chi connectivity index (χ4n) is 9.91. The molecule has 0 N–H and O–H groups in total. The predicted octanol–water partition coefficient (Wildman–Crippen LogP) is 8.91. The van der Waals surface area contributed by atoms with Crippen LogP contribution in [0, 0.1) is 0 Å². The van der Waals surface area contributed by atoms with Crippen LogP contribution in [-0.2, 0) is 0 Å². The van der Waals surface area contributed by atoms with Crippen LogP contribution in [0.2, 0.25) is 0 Å². The summed E-state index contributed by atoms with van der Waals surface area (Å²) in [6.45, 7) is -0.0402.